The number of hydrogen-bond donors (Lipinski definition) is 0. The zero-order valence-electron chi connectivity index (χ0n) is 11.9. The van der Waals surface area contributed by atoms with Gasteiger partial charge in [0.1, 0.15) is 0 Å². The molecule has 0 bridgehead atoms. The van der Waals surface area contributed by atoms with Crippen molar-refractivity contribution < 1.29 is 17.9 Å². The molecule has 0 atom stereocenters. The largest absolute Gasteiger partial charge is 0.354 e. The summed E-state index contributed by atoms with van der Waals surface area (Å²) in [5.74, 6) is 0. The van der Waals surface area contributed by atoms with Crippen LogP contribution in [0.25, 0.3) is 0 Å². The van der Waals surface area contributed by atoms with E-state index in [9.17, 15) is 8.42 Å². The van der Waals surface area contributed by atoms with Gasteiger partial charge in [-0.1, -0.05) is 24.3 Å². The van der Waals surface area contributed by atoms with Crippen molar-refractivity contribution in [1.82, 2.24) is 4.31 Å². The van der Waals surface area contributed by atoms with Gasteiger partial charge in [-0.3, -0.25) is 4.31 Å². The first-order valence-electron chi connectivity index (χ1n) is 5.95. The summed E-state index contributed by atoms with van der Waals surface area (Å²) in [6.07, 6.45) is 0.597. The van der Waals surface area contributed by atoms with Crippen LogP contribution in [-0.4, -0.2) is 39.8 Å². The number of nitrogens with zero attached hydrogens (tertiary/aromatic N) is 1. The first-order valence-corrected chi connectivity index (χ1v) is 7.39. The fraction of sp³-hybridized carbons (Fsp3) is 0.357. The zero-order valence-corrected chi connectivity index (χ0v) is 12.7. The lowest BCUT2D eigenvalue weighted by Crippen LogP contribution is -2.35. The first kappa shape index (κ1) is 16.5. The van der Waals surface area contributed by atoms with E-state index in [1.165, 1.54) is 20.4 Å². The Hall–Kier alpha value is -1.59. The molecule has 0 amide bonds. The molecule has 0 radical (unpaired) electrons. The SMILES string of the molecule is C=C=CN(CC(OC)OC)S(=O)(=O)c1ccc(C)cc1. The minimum atomic E-state index is -3.68. The third-order valence-corrected chi connectivity index (χ3v) is 4.46. The highest BCUT2D eigenvalue weighted by Gasteiger charge is 2.24. The molecule has 1 aromatic rings. The second-order valence-corrected chi connectivity index (χ2v) is 6.01. The van der Waals surface area contributed by atoms with Gasteiger partial charge in [0.2, 0.25) is 0 Å². The van der Waals surface area contributed by atoms with Gasteiger partial charge in [0.05, 0.1) is 17.6 Å². The van der Waals surface area contributed by atoms with Crippen molar-refractivity contribution in [2.45, 2.75) is 18.1 Å². The van der Waals surface area contributed by atoms with Crippen LogP contribution in [0.5, 0.6) is 0 Å². The molecule has 0 aliphatic carbocycles. The van der Waals surface area contributed by atoms with Gasteiger partial charge < -0.3 is 9.47 Å². The molecule has 0 aromatic heterocycles. The lowest BCUT2D eigenvalue weighted by molar-refractivity contribution is -0.105. The number of benzene rings is 1. The van der Waals surface area contributed by atoms with E-state index in [2.05, 4.69) is 12.3 Å². The van der Waals surface area contributed by atoms with Gasteiger partial charge in [-0.05, 0) is 19.1 Å². The quantitative estimate of drug-likeness (QED) is 0.570. The van der Waals surface area contributed by atoms with Crippen LogP contribution < -0.4 is 0 Å². The summed E-state index contributed by atoms with van der Waals surface area (Å²) >= 11 is 0. The van der Waals surface area contributed by atoms with Crippen LogP contribution in [0.3, 0.4) is 0 Å². The molecule has 0 N–H and O–H groups in total. The number of aryl methyl sites for hydroxylation is 1. The van der Waals surface area contributed by atoms with Crippen LogP contribution in [0.2, 0.25) is 0 Å². The van der Waals surface area contributed by atoms with Crippen molar-refractivity contribution >= 4 is 10.0 Å². The molecule has 0 saturated carbocycles. The van der Waals surface area contributed by atoms with Crippen LogP contribution in [0.15, 0.2) is 47.7 Å². The van der Waals surface area contributed by atoms with E-state index in [4.69, 9.17) is 9.47 Å². The zero-order chi connectivity index (χ0) is 15.2. The van der Waals surface area contributed by atoms with Gasteiger partial charge >= 0.3 is 0 Å². The molecule has 1 aromatic carbocycles. The van der Waals surface area contributed by atoms with E-state index in [0.717, 1.165) is 9.87 Å². The molecule has 0 aliphatic heterocycles. The van der Waals surface area contributed by atoms with E-state index in [0.29, 0.717) is 0 Å². The molecule has 0 fully saturated rings. The van der Waals surface area contributed by atoms with Crippen molar-refractivity contribution in [2.24, 2.45) is 0 Å². The molecule has 0 saturated heterocycles. The van der Waals surface area contributed by atoms with Gasteiger partial charge in [-0.2, -0.15) is 0 Å². The smallest absolute Gasteiger partial charge is 0.264 e. The third kappa shape index (κ3) is 3.95. The topological polar surface area (TPSA) is 55.8 Å². The number of ether oxygens (including phenoxy) is 2. The van der Waals surface area contributed by atoms with Crippen molar-refractivity contribution in [2.75, 3.05) is 20.8 Å². The predicted molar refractivity (Wildman–Crippen MR) is 76.6 cm³/mol. The van der Waals surface area contributed by atoms with Gasteiger partial charge in [0.15, 0.2) is 6.29 Å². The molecule has 1 rings (SSSR count). The normalized spacial score (nSPS) is 11.2. The highest BCUT2D eigenvalue weighted by molar-refractivity contribution is 7.89. The Balaban J connectivity index is 3.12. The Morgan fingerprint density at radius 2 is 1.85 bits per heavy atom. The molecule has 0 unspecified atom stereocenters. The van der Waals surface area contributed by atoms with Crippen LogP contribution in [0, 0.1) is 6.92 Å². The minimum absolute atomic E-state index is 0.0196. The van der Waals surface area contributed by atoms with E-state index in [-0.39, 0.29) is 11.4 Å². The highest BCUT2D eigenvalue weighted by Crippen LogP contribution is 2.17. The summed E-state index contributed by atoms with van der Waals surface area (Å²) in [6.45, 7) is 5.32. The lowest BCUT2D eigenvalue weighted by atomic mass is 10.2. The number of rotatable bonds is 7. The van der Waals surface area contributed by atoms with E-state index in [1.54, 1.807) is 24.3 Å². The molecule has 110 valence electrons. The molecule has 0 spiro atoms. The van der Waals surface area contributed by atoms with Gasteiger partial charge in [-0.15, -0.1) is 5.73 Å². The molecule has 5 nitrogen and oxygen atoms in total. The van der Waals surface area contributed by atoms with E-state index >= 15 is 0 Å². The van der Waals surface area contributed by atoms with Crippen molar-refractivity contribution in [3.63, 3.8) is 0 Å². The molecular formula is C14H19NO4S. The molecule has 20 heavy (non-hydrogen) atoms. The van der Waals surface area contributed by atoms with Gasteiger partial charge in [0, 0.05) is 14.2 Å². The standard InChI is InChI=1S/C14H19NO4S/c1-5-10-15(11-14(18-3)19-4)20(16,17)13-8-6-12(2)7-9-13/h6-10,14H,1,11H2,2-4H3. The monoisotopic (exact) mass is 297 g/mol. The van der Waals surface area contributed by atoms with Crippen LogP contribution in [0.4, 0.5) is 0 Å². The summed E-state index contributed by atoms with van der Waals surface area (Å²) in [5, 5.41) is 0. The molecular weight excluding hydrogens is 278 g/mol. The van der Waals surface area contributed by atoms with Gasteiger partial charge in [-0.25, -0.2) is 8.42 Å². The molecule has 6 heteroatoms. The fourth-order valence-electron chi connectivity index (χ4n) is 1.56. The maximum atomic E-state index is 12.5. The fourth-order valence-corrected chi connectivity index (χ4v) is 2.84. The minimum Gasteiger partial charge on any atom is -0.354 e. The van der Waals surface area contributed by atoms with Crippen LogP contribution in [-0.2, 0) is 19.5 Å². The first-order chi connectivity index (χ1) is 9.45. The maximum absolute atomic E-state index is 12.5. The van der Waals surface area contributed by atoms with Crippen LogP contribution in [0.1, 0.15) is 5.56 Å². The summed E-state index contributed by atoms with van der Waals surface area (Å²) in [6, 6.07) is 6.60. The number of sulfonamides is 1. The van der Waals surface area contributed by atoms with Crippen molar-refractivity contribution in [3.8, 4) is 0 Å². The highest BCUT2D eigenvalue weighted by atomic mass is 32.2. The Bertz CT molecular complexity index is 570. The predicted octanol–water partition coefficient (Wildman–Crippen LogP) is 1.90. The molecule has 0 aliphatic rings. The van der Waals surface area contributed by atoms with Gasteiger partial charge in [0.25, 0.3) is 10.0 Å². The van der Waals surface area contributed by atoms with E-state index in [1.807, 2.05) is 6.92 Å². The number of methoxy groups -OCH3 is 2. The summed E-state index contributed by atoms with van der Waals surface area (Å²) in [7, 11) is -0.786. The molecule has 0 heterocycles. The summed E-state index contributed by atoms with van der Waals surface area (Å²) < 4.78 is 36.2. The van der Waals surface area contributed by atoms with Crippen molar-refractivity contribution in [1.29, 1.82) is 0 Å². The Labute approximate surface area is 120 Å². The van der Waals surface area contributed by atoms with Crippen LogP contribution >= 0.6 is 0 Å². The average molecular weight is 297 g/mol. The Morgan fingerprint density at radius 3 is 2.30 bits per heavy atom. The lowest BCUT2D eigenvalue weighted by Gasteiger charge is -2.23. The van der Waals surface area contributed by atoms with Crippen molar-refractivity contribution in [3.05, 3.63) is 48.3 Å². The second kappa shape index (κ2) is 7.26. The third-order valence-electron chi connectivity index (χ3n) is 2.72. The van der Waals surface area contributed by atoms with E-state index < -0.39 is 16.3 Å². The second-order valence-electron chi connectivity index (χ2n) is 4.12. The maximum Gasteiger partial charge on any atom is 0.264 e. The average Bonchev–Trinajstić information content (AvgIpc) is 2.43. The number of hydrogen-bond acceptors (Lipinski definition) is 4. The summed E-state index contributed by atoms with van der Waals surface area (Å²) in [5.41, 5.74) is 3.46. The Kier molecular flexibility index (Phi) is 5.98. The Morgan fingerprint density at radius 1 is 1.30 bits per heavy atom. The summed E-state index contributed by atoms with van der Waals surface area (Å²) in [4.78, 5) is 0.195.